The van der Waals surface area contributed by atoms with Gasteiger partial charge in [-0.05, 0) is 142 Å². The number of hydrogen-bond acceptors (Lipinski definition) is 8. The van der Waals surface area contributed by atoms with Gasteiger partial charge in [-0.2, -0.15) is 0 Å². The summed E-state index contributed by atoms with van der Waals surface area (Å²) in [5.41, 5.74) is 5.10. The molecule has 0 radical (unpaired) electrons. The molecule has 1 heterocycles. The first-order valence-electron chi connectivity index (χ1n) is 21.6. The number of ether oxygens (including phenoxy) is 3. The Morgan fingerprint density at radius 3 is 2.35 bits per heavy atom. The Balaban J connectivity index is 1.43. The number of nitrogens with zero attached hydrogens (tertiary/aromatic N) is 2. The van der Waals surface area contributed by atoms with Crippen LogP contribution in [0.4, 0.5) is 0 Å². The van der Waals surface area contributed by atoms with Crippen LogP contribution < -0.4 is 9.47 Å². The van der Waals surface area contributed by atoms with E-state index in [1.54, 1.807) is 11.0 Å². The van der Waals surface area contributed by atoms with Gasteiger partial charge in [0.15, 0.2) is 0 Å². The van der Waals surface area contributed by atoms with Crippen molar-refractivity contribution >= 4 is 22.4 Å². The minimum atomic E-state index is -1.35. The van der Waals surface area contributed by atoms with Gasteiger partial charge < -0.3 is 34.2 Å². The Hall–Kier alpha value is -4.96. The van der Waals surface area contributed by atoms with Crippen LogP contribution in [0.3, 0.4) is 0 Å². The molecule has 1 amide bonds. The molecule has 0 unspecified atom stereocenters. The normalized spacial score (nSPS) is 23.9. The lowest BCUT2D eigenvalue weighted by molar-refractivity contribution is -0.252. The van der Waals surface area contributed by atoms with Gasteiger partial charge in [0, 0.05) is 43.7 Å². The molecule has 1 fully saturated rings. The molecule has 4 aromatic rings. The summed E-state index contributed by atoms with van der Waals surface area (Å²) < 4.78 is 21.0. The lowest BCUT2D eigenvalue weighted by Gasteiger charge is -2.59. The Labute approximate surface area is 355 Å². The van der Waals surface area contributed by atoms with Gasteiger partial charge in [0.05, 0.1) is 18.2 Å². The summed E-state index contributed by atoms with van der Waals surface area (Å²) in [6.07, 6.45) is 9.20. The zero-order valence-electron chi connectivity index (χ0n) is 36.2. The highest BCUT2D eigenvalue weighted by atomic mass is 16.7. The Morgan fingerprint density at radius 2 is 1.63 bits per heavy atom. The quantitative estimate of drug-likeness (QED) is 0.0658. The SMILES string of the molecule is C=CCO[C@@]12Oc3ccc(Oc4ccc(C)c(C)c4)cc3[C@H]3[C@H](CCCCO)[C@@H](CCCCO)C=C(C(=NOC(C)(C)C)C[C@@H]1N(C)C(=O)c1ccc4ccccc4c1)[C@H]32. The second kappa shape index (κ2) is 18.3. The number of carbonyl (C=O) groups is 1. The maximum atomic E-state index is 14.8. The van der Waals surface area contributed by atoms with Crippen LogP contribution in [0.5, 0.6) is 17.2 Å². The molecule has 318 valence electrons. The van der Waals surface area contributed by atoms with Crippen LogP contribution in [-0.2, 0) is 9.57 Å². The number of aliphatic hydroxyl groups excluding tert-OH is 2. The fourth-order valence-electron chi connectivity index (χ4n) is 9.56. The fourth-order valence-corrected chi connectivity index (χ4v) is 9.56. The molecule has 2 aliphatic carbocycles. The summed E-state index contributed by atoms with van der Waals surface area (Å²) in [4.78, 5) is 22.9. The lowest BCUT2D eigenvalue weighted by Crippen LogP contribution is -2.69. The third kappa shape index (κ3) is 8.90. The molecule has 7 rings (SSSR count). The van der Waals surface area contributed by atoms with E-state index >= 15 is 0 Å². The maximum Gasteiger partial charge on any atom is 0.254 e. The summed E-state index contributed by atoms with van der Waals surface area (Å²) in [5.74, 6) is 0.269. The van der Waals surface area contributed by atoms with Crippen LogP contribution in [0, 0.1) is 31.6 Å². The number of hydrogen-bond donors (Lipinski definition) is 2. The van der Waals surface area contributed by atoms with Crippen LogP contribution in [0.1, 0.15) is 98.7 Å². The molecule has 9 nitrogen and oxygen atoms in total. The van der Waals surface area contributed by atoms with Crippen molar-refractivity contribution in [3.05, 3.63) is 125 Å². The van der Waals surface area contributed by atoms with Gasteiger partial charge >= 0.3 is 0 Å². The number of oxime groups is 1. The molecule has 1 saturated carbocycles. The number of amides is 1. The van der Waals surface area contributed by atoms with E-state index in [-0.39, 0.29) is 43.5 Å². The molecular weight excluding hydrogens is 753 g/mol. The van der Waals surface area contributed by atoms with E-state index in [0.29, 0.717) is 36.3 Å². The van der Waals surface area contributed by atoms with Crippen LogP contribution in [0.15, 0.2) is 108 Å². The van der Waals surface area contributed by atoms with E-state index in [0.717, 1.165) is 64.6 Å². The van der Waals surface area contributed by atoms with Gasteiger partial charge in [-0.3, -0.25) is 4.79 Å². The number of benzene rings is 4. The number of rotatable bonds is 16. The summed E-state index contributed by atoms with van der Waals surface area (Å²) in [6.45, 7) is 14.6. The molecule has 3 aliphatic rings. The Kier molecular flexibility index (Phi) is 13.2. The monoisotopic (exact) mass is 814 g/mol. The lowest BCUT2D eigenvalue weighted by atomic mass is 9.55. The number of aliphatic hydroxyl groups is 2. The predicted molar refractivity (Wildman–Crippen MR) is 238 cm³/mol. The molecule has 0 spiro atoms. The molecule has 0 bridgehead atoms. The van der Waals surface area contributed by atoms with Crippen LogP contribution in [0.2, 0.25) is 0 Å². The van der Waals surface area contributed by atoms with Gasteiger partial charge in [0.25, 0.3) is 5.91 Å². The number of carbonyl (C=O) groups excluding carboxylic acids is 1. The highest BCUT2D eigenvalue weighted by Crippen LogP contribution is 2.62. The summed E-state index contributed by atoms with van der Waals surface area (Å²) in [7, 11) is 1.84. The molecule has 4 aromatic carbocycles. The second-order valence-electron chi connectivity index (χ2n) is 17.8. The minimum absolute atomic E-state index is 0.0975. The maximum absolute atomic E-state index is 14.8. The third-order valence-corrected chi connectivity index (χ3v) is 12.6. The summed E-state index contributed by atoms with van der Waals surface area (Å²) in [5, 5.41) is 26.9. The highest BCUT2D eigenvalue weighted by molar-refractivity contribution is 6.04. The van der Waals surface area contributed by atoms with E-state index in [4.69, 9.17) is 24.2 Å². The molecule has 0 aromatic heterocycles. The first-order valence-corrected chi connectivity index (χ1v) is 21.6. The second-order valence-corrected chi connectivity index (χ2v) is 17.8. The Bertz CT molecular complexity index is 2240. The van der Waals surface area contributed by atoms with E-state index in [2.05, 4.69) is 44.7 Å². The summed E-state index contributed by atoms with van der Waals surface area (Å²) in [6, 6.07) is 25.4. The number of allylic oxidation sites excluding steroid dienone is 1. The largest absolute Gasteiger partial charge is 0.459 e. The van der Waals surface area contributed by atoms with Crippen molar-refractivity contribution in [2.75, 3.05) is 26.9 Å². The number of unbranched alkanes of at least 4 members (excludes halogenated alkanes) is 2. The van der Waals surface area contributed by atoms with Crippen molar-refractivity contribution < 1.29 is 34.1 Å². The van der Waals surface area contributed by atoms with Crippen molar-refractivity contribution in [2.24, 2.45) is 22.9 Å². The highest BCUT2D eigenvalue weighted by Gasteiger charge is 2.65. The number of aryl methyl sites for hydroxylation is 2. The fraction of sp³-hybridized carbons (Fsp3) is 0.451. The van der Waals surface area contributed by atoms with Crippen LogP contribution in [-0.4, -0.2) is 71.0 Å². The minimum Gasteiger partial charge on any atom is -0.459 e. The van der Waals surface area contributed by atoms with E-state index in [1.807, 2.05) is 88.5 Å². The van der Waals surface area contributed by atoms with Gasteiger partial charge in [0.2, 0.25) is 5.79 Å². The van der Waals surface area contributed by atoms with Crippen molar-refractivity contribution in [1.29, 1.82) is 0 Å². The molecule has 2 N–H and O–H groups in total. The predicted octanol–water partition coefficient (Wildman–Crippen LogP) is 10.5. The third-order valence-electron chi connectivity index (χ3n) is 12.6. The van der Waals surface area contributed by atoms with E-state index < -0.39 is 23.3 Å². The van der Waals surface area contributed by atoms with Crippen LogP contribution in [0.25, 0.3) is 10.8 Å². The molecule has 1 aliphatic heterocycles. The van der Waals surface area contributed by atoms with Crippen molar-refractivity contribution in [2.45, 2.75) is 103 Å². The Morgan fingerprint density at radius 1 is 0.917 bits per heavy atom. The molecule has 9 heteroatoms. The average molecular weight is 815 g/mol. The molecule has 6 atom stereocenters. The topological polar surface area (TPSA) is 110 Å². The first kappa shape index (κ1) is 43.1. The smallest absolute Gasteiger partial charge is 0.254 e. The molecule has 0 saturated heterocycles. The zero-order valence-corrected chi connectivity index (χ0v) is 36.2. The first-order chi connectivity index (χ1) is 28.9. The average Bonchev–Trinajstić information content (AvgIpc) is 3.23. The van der Waals surface area contributed by atoms with Crippen molar-refractivity contribution in [3.63, 3.8) is 0 Å². The van der Waals surface area contributed by atoms with Gasteiger partial charge in [-0.25, -0.2) is 0 Å². The van der Waals surface area contributed by atoms with Crippen molar-refractivity contribution in [3.8, 4) is 17.2 Å². The van der Waals surface area contributed by atoms with Crippen LogP contribution >= 0.6 is 0 Å². The summed E-state index contributed by atoms with van der Waals surface area (Å²) >= 11 is 0. The standard InChI is InChI=1S/C51H62N2O7/c1-8-27-57-51-46(53(7)49(56)38-21-20-35-15-9-10-16-36(35)29-38)32-44(52-60-50(4,5)6)42-30-37(17-11-13-25-54)41(18-12-14-26-55)47(48(42)51)43-31-40(23-24-45(43)59-51)58-39-22-19-33(2)34(3)28-39/h8-10,15-16,19-24,28-31,37,41,46-48,54-55H,1,11-14,17-18,25-27,32H2,2-7H3/t37-,41+,46-,47+,48+,51+/m0/s1. The van der Waals surface area contributed by atoms with Gasteiger partial charge in [-0.1, -0.05) is 66.5 Å². The number of likely N-dealkylation sites (N-methyl/N-ethyl adjacent to an activating group) is 1. The van der Waals surface area contributed by atoms with E-state index in [1.165, 1.54) is 5.56 Å². The molecular formula is C51H62N2O7. The van der Waals surface area contributed by atoms with Gasteiger partial charge in [-0.15, -0.1) is 6.58 Å². The number of fused-ring (bicyclic) bond motifs is 3. The molecule has 60 heavy (non-hydrogen) atoms. The van der Waals surface area contributed by atoms with E-state index in [9.17, 15) is 15.0 Å². The van der Waals surface area contributed by atoms with Gasteiger partial charge in [0.1, 0.15) is 28.9 Å². The zero-order chi connectivity index (χ0) is 42.6. The van der Waals surface area contributed by atoms with Crippen molar-refractivity contribution in [1.82, 2.24) is 4.90 Å².